The Kier molecular flexibility index (Phi) is 5.07. The summed E-state index contributed by atoms with van der Waals surface area (Å²) < 4.78 is 27.4. The highest BCUT2D eigenvalue weighted by atomic mass is 35.5. The van der Waals surface area contributed by atoms with Crippen LogP contribution < -0.4 is 10.0 Å². The van der Waals surface area contributed by atoms with E-state index in [1.54, 1.807) is 6.07 Å². The van der Waals surface area contributed by atoms with Crippen LogP contribution in [0.2, 0.25) is 5.02 Å². The van der Waals surface area contributed by atoms with E-state index >= 15 is 0 Å². The van der Waals surface area contributed by atoms with E-state index in [2.05, 4.69) is 10.0 Å². The van der Waals surface area contributed by atoms with Crippen molar-refractivity contribution >= 4 is 21.6 Å². The Morgan fingerprint density at radius 1 is 1.35 bits per heavy atom. The second-order valence-corrected chi connectivity index (χ2v) is 7.52. The zero-order valence-corrected chi connectivity index (χ0v) is 13.4. The average Bonchev–Trinajstić information content (AvgIpc) is 3.17. The van der Waals surface area contributed by atoms with Crippen LogP contribution in [0.1, 0.15) is 30.4 Å². The van der Waals surface area contributed by atoms with E-state index in [1.165, 1.54) is 18.9 Å². The van der Waals surface area contributed by atoms with Gasteiger partial charge < -0.3 is 5.32 Å². The van der Waals surface area contributed by atoms with Crippen molar-refractivity contribution in [3.63, 3.8) is 0 Å². The quantitative estimate of drug-likeness (QED) is 0.812. The molecule has 0 amide bonds. The summed E-state index contributed by atoms with van der Waals surface area (Å²) in [5.74, 6) is 0.706. The third kappa shape index (κ3) is 3.95. The predicted molar refractivity (Wildman–Crippen MR) is 81.5 cm³/mol. The number of halogens is 1. The lowest BCUT2D eigenvalue weighted by molar-refractivity contribution is 0.574. The van der Waals surface area contributed by atoms with Crippen LogP contribution in [0.25, 0.3) is 0 Å². The fraction of sp³-hybridized carbons (Fsp3) is 0.571. The molecule has 1 saturated carbocycles. The first-order valence-corrected chi connectivity index (χ1v) is 8.73. The minimum Gasteiger partial charge on any atom is -0.316 e. The van der Waals surface area contributed by atoms with E-state index in [0.717, 1.165) is 17.5 Å². The molecule has 20 heavy (non-hydrogen) atoms. The van der Waals surface area contributed by atoms with E-state index in [0.29, 0.717) is 24.0 Å². The summed E-state index contributed by atoms with van der Waals surface area (Å²) in [5, 5.41) is 3.47. The van der Waals surface area contributed by atoms with Crippen LogP contribution in [0.3, 0.4) is 0 Å². The van der Waals surface area contributed by atoms with Crippen LogP contribution in [-0.2, 0) is 16.6 Å². The van der Waals surface area contributed by atoms with Gasteiger partial charge in [0.2, 0.25) is 10.0 Å². The van der Waals surface area contributed by atoms with Gasteiger partial charge in [-0.1, -0.05) is 24.4 Å². The molecule has 0 heterocycles. The molecule has 1 aromatic carbocycles. The second kappa shape index (κ2) is 6.43. The smallest absolute Gasteiger partial charge is 0.240 e. The van der Waals surface area contributed by atoms with Crippen LogP contribution in [0.4, 0.5) is 0 Å². The summed E-state index contributed by atoms with van der Waals surface area (Å²) in [4.78, 5) is 0.283. The summed E-state index contributed by atoms with van der Waals surface area (Å²) in [6, 6.07) is 3.33. The maximum Gasteiger partial charge on any atom is 0.240 e. The summed E-state index contributed by atoms with van der Waals surface area (Å²) >= 11 is 6.04. The maximum atomic E-state index is 12.4. The summed E-state index contributed by atoms with van der Waals surface area (Å²) in [6.07, 6.45) is 3.37. The van der Waals surface area contributed by atoms with Crippen molar-refractivity contribution in [2.45, 2.75) is 37.6 Å². The molecule has 1 aliphatic rings. The van der Waals surface area contributed by atoms with Gasteiger partial charge in [0.05, 0.1) is 4.90 Å². The molecule has 0 spiro atoms. The van der Waals surface area contributed by atoms with Crippen LogP contribution in [0, 0.1) is 12.8 Å². The summed E-state index contributed by atoms with van der Waals surface area (Å²) in [6.45, 7) is 2.91. The molecule has 0 aromatic heterocycles. The van der Waals surface area contributed by atoms with Crippen LogP contribution >= 0.6 is 11.6 Å². The Morgan fingerprint density at radius 2 is 2.05 bits per heavy atom. The highest BCUT2D eigenvalue weighted by Crippen LogP contribution is 2.32. The van der Waals surface area contributed by atoms with Crippen molar-refractivity contribution in [2.75, 3.05) is 13.6 Å². The van der Waals surface area contributed by atoms with Crippen LogP contribution in [0.15, 0.2) is 17.0 Å². The van der Waals surface area contributed by atoms with E-state index in [1.807, 2.05) is 14.0 Å². The highest BCUT2D eigenvalue weighted by molar-refractivity contribution is 7.89. The molecular formula is C14H21ClN2O2S. The van der Waals surface area contributed by atoms with Crippen LogP contribution in [0.5, 0.6) is 0 Å². The van der Waals surface area contributed by atoms with Crippen molar-refractivity contribution < 1.29 is 8.42 Å². The topological polar surface area (TPSA) is 58.2 Å². The molecule has 0 bridgehead atoms. The third-order valence-electron chi connectivity index (χ3n) is 3.63. The third-order valence-corrected chi connectivity index (χ3v) is 5.44. The van der Waals surface area contributed by atoms with Gasteiger partial charge in [-0.05, 0) is 49.6 Å². The van der Waals surface area contributed by atoms with Crippen molar-refractivity contribution in [2.24, 2.45) is 5.92 Å². The normalized spacial score (nSPS) is 15.6. The van der Waals surface area contributed by atoms with E-state index in [-0.39, 0.29) is 4.90 Å². The predicted octanol–water partition coefficient (Wildman–Crippen LogP) is 2.45. The Hall–Kier alpha value is -0.620. The lowest BCUT2D eigenvalue weighted by atomic mass is 10.1. The molecule has 4 nitrogen and oxygen atoms in total. The molecule has 2 rings (SSSR count). The number of hydrogen-bond acceptors (Lipinski definition) is 3. The monoisotopic (exact) mass is 316 g/mol. The zero-order valence-electron chi connectivity index (χ0n) is 11.9. The number of rotatable bonds is 7. The Labute approximate surface area is 126 Å². The van der Waals surface area contributed by atoms with Gasteiger partial charge in [-0.3, -0.25) is 0 Å². The molecule has 0 unspecified atom stereocenters. The van der Waals surface area contributed by atoms with Gasteiger partial charge in [-0.25, -0.2) is 13.1 Å². The SMILES string of the molecule is CNCc1cc(Cl)cc(S(=O)(=O)NCCC2CC2)c1C. The summed E-state index contributed by atoms with van der Waals surface area (Å²) in [5.41, 5.74) is 1.66. The lowest BCUT2D eigenvalue weighted by Crippen LogP contribution is -2.26. The molecule has 0 aliphatic heterocycles. The van der Waals surface area contributed by atoms with Gasteiger partial charge in [-0.2, -0.15) is 0 Å². The Balaban J connectivity index is 2.20. The molecule has 0 atom stereocenters. The largest absolute Gasteiger partial charge is 0.316 e. The van der Waals surface area contributed by atoms with E-state index in [4.69, 9.17) is 11.6 Å². The minimum atomic E-state index is -3.48. The lowest BCUT2D eigenvalue weighted by Gasteiger charge is -2.13. The van der Waals surface area contributed by atoms with Gasteiger partial charge in [0, 0.05) is 18.1 Å². The molecule has 1 aromatic rings. The molecule has 2 N–H and O–H groups in total. The minimum absolute atomic E-state index is 0.283. The fourth-order valence-electron chi connectivity index (χ4n) is 2.24. The Bertz CT molecular complexity index is 583. The number of benzene rings is 1. The van der Waals surface area contributed by atoms with Crippen molar-refractivity contribution in [3.05, 3.63) is 28.3 Å². The Morgan fingerprint density at radius 3 is 2.65 bits per heavy atom. The highest BCUT2D eigenvalue weighted by Gasteiger charge is 2.23. The molecular weight excluding hydrogens is 296 g/mol. The molecule has 0 radical (unpaired) electrons. The molecule has 6 heteroatoms. The van der Waals surface area contributed by atoms with Crippen LogP contribution in [-0.4, -0.2) is 22.0 Å². The first-order valence-electron chi connectivity index (χ1n) is 6.87. The number of nitrogens with one attached hydrogen (secondary N) is 2. The number of hydrogen-bond donors (Lipinski definition) is 2. The fourth-order valence-corrected chi connectivity index (χ4v) is 3.91. The first kappa shape index (κ1) is 15.8. The van der Waals surface area contributed by atoms with Gasteiger partial charge in [0.25, 0.3) is 0 Å². The van der Waals surface area contributed by atoms with Gasteiger partial charge in [0.1, 0.15) is 0 Å². The standard InChI is InChI=1S/C14H21ClN2O2S/c1-10-12(9-16-2)7-13(15)8-14(10)20(18,19)17-6-5-11-3-4-11/h7-8,11,16-17H,3-6,9H2,1-2H3. The average molecular weight is 317 g/mol. The molecule has 112 valence electrons. The molecule has 1 fully saturated rings. The maximum absolute atomic E-state index is 12.4. The second-order valence-electron chi connectivity index (χ2n) is 5.35. The van der Waals surface area contributed by atoms with Gasteiger partial charge in [-0.15, -0.1) is 0 Å². The van der Waals surface area contributed by atoms with Crippen molar-refractivity contribution in [1.29, 1.82) is 0 Å². The van der Waals surface area contributed by atoms with Gasteiger partial charge in [0.15, 0.2) is 0 Å². The molecule has 1 aliphatic carbocycles. The first-order chi connectivity index (χ1) is 9.44. The molecule has 0 saturated heterocycles. The summed E-state index contributed by atoms with van der Waals surface area (Å²) in [7, 11) is -1.66. The zero-order chi connectivity index (χ0) is 14.8. The van der Waals surface area contributed by atoms with Crippen molar-refractivity contribution in [1.82, 2.24) is 10.0 Å². The van der Waals surface area contributed by atoms with Crippen molar-refractivity contribution in [3.8, 4) is 0 Å². The van der Waals surface area contributed by atoms with E-state index in [9.17, 15) is 8.42 Å². The van der Waals surface area contributed by atoms with E-state index < -0.39 is 10.0 Å². The van der Waals surface area contributed by atoms with Gasteiger partial charge >= 0.3 is 0 Å². The number of sulfonamides is 1.